The predicted molar refractivity (Wildman–Crippen MR) is 115 cm³/mol. The third kappa shape index (κ3) is 3.03. The lowest BCUT2D eigenvalue weighted by Crippen LogP contribution is -2.36. The van der Waals surface area contributed by atoms with Gasteiger partial charge in [0.1, 0.15) is 11.7 Å². The van der Waals surface area contributed by atoms with Crippen molar-refractivity contribution in [1.82, 2.24) is 14.3 Å². The van der Waals surface area contributed by atoms with Crippen LogP contribution >= 0.6 is 0 Å². The Morgan fingerprint density at radius 1 is 0.900 bits per heavy atom. The van der Waals surface area contributed by atoms with Crippen LogP contribution in [0.4, 0.5) is 10.5 Å². The second kappa shape index (κ2) is 7.67. The van der Waals surface area contributed by atoms with Crippen LogP contribution in [0.5, 0.6) is 0 Å². The van der Waals surface area contributed by atoms with Gasteiger partial charge in [-0.15, -0.1) is 0 Å². The Hall–Kier alpha value is -3.61. The van der Waals surface area contributed by atoms with Crippen LogP contribution in [0.25, 0.3) is 5.69 Å². The number of aromatic nitrogens is 2. The molecule has 0 saturated carbocycles. The normalized spacial score (nSPS) is 16.6. The maximum absolute atomic E-state index is 13.4. The van der Waals surface area contributed by atoms with Gasteiger partial charge in [0, 0.05) is 20.0 Å². The summed E-state index contributed by atoms with van der Waals surface area (Å²) in [6.45, 7) is 3.97. The maximum Gasteiger partial charge on any atom is 0.332 e. The van der Waals surface area contributed by atoms with E-state index in [1.165, 1.54) is 9.58 Å². The van der Waals surface area contributed by atoms with Crippen LogP contribution in [-0.4, -0.2) is 38.8 Å². The van der Waals surface area contributed by atoms with Gasteiger partial charge in [0.25, 0.3) is 11.5 Å². The van der Waals surface area contributed by atoms with Crippen LogP contribution in [-0.2, 0) is 18.3 Å². The minimum absolute atomic E-state index is 0.116. The molecule has 0 spiro atoms. The van der Waals surface area contributed by atoms with Crippen LogP contribution in [0.1, 0.15) is 18.2 Å². The molecule has 3 amide bonds. The van der Waals surface area contributed by atoms with Gasteiger partial charge >= 0.3 is 6.03 Å². The minimum atomic E-state index is -0.630. The first kappa shape index (κ1) is 19.7. The molecule has 7 heteroatoms. The molecule has 30 heavy (non-hydrogen) atoms. The molecule has 1 fully saturated rings. The van der Waals surface area contributed by atoms with E-state index >= 15 is 0 Å². The van der Waals surface area contributed by atoms with E-state index in [4.69, 9.17) is 0 Å². The van der Waals surface area contributed by atoms with Gasteiger partial charge in [-0.25, -0.2) is 14.4 Å². The third-order valence-electron chi connectivity index (χ3n) is 5.68. The Bertz CT molecular complexity index is 1150. The van der Waals surface area contributed by atoms with E-state index in [0.717, 1.165) is 10.5 Å². The summed E-state index contributed by atoms with van der Waals surface area (Å²) in [4.78, 5) is 42.5. The topological polar surface area (TPSA) is 67.6 Å². The van der Waals surface area contributed by atoms with E-state index in [1.807, 2.05) is 67.6 Å². The molecule has 154 valence electrons. The molecule has 1 atom stereocenters. The molecule has 2 aromatic carbocycles. The van der Waals surface area contributed by atoms with Gasteiger partial charge in [-0.05, 0) is 31.5 Å². The number of benzene rings is 2. The molecular weight excluding hydrogens is 380 g/mol. The van der Waals surface area contributed by atoms with E-state index in [2.05, 4.69) is 0 Å². The lowest BCUT2D eigenvalue weighted by molar-refractivity contribution is -0.119. The number of carbonyl (C=O) groups is 2. The van der Waals surface area contributed by atoms with Gasteiger partial charge in [-0.1, -0.05) is 48.5 Å². The summed E-state index contributed by atoms with van der Waals surface area (Å²) in [6.07, 6.45) is 0.411. The average molecular weight is 404 g/mol. The van der Waals surface area contributed by atoms with Crippen molar-refractivity contribution in [3.63, 3.8) is 0 Å². The zero-order chi connectivity index (χ0) is 21.4. The molecule has 0 unspecified atom stereocenters. The van der Waals surface area contributed by atoms with Crippen molar-refractivity contribution in [3.8, 4) is 5.69 Å². The van der Waals surface area contributed by atoms with Crippen molar-refractivity contribution in [1.29, 1.82) is 0 Å². The second-order valence-corrected chi connectivity index (χ2v) is 7.36. The number of anilines is 1. The number of amides is 3. The van der Waals surface area contributed by atoms with E-state index in [9.17, 15) is 14.4 Å². The molecule has 7 nitrogen and oxygen atoms in total. The molecule has 0 aliphatic carbocycles. The first-order valence-corrected chi connectivity index (χ1v) is 9.98. The predicted octanol–water partition coefficient (Wildman–Crippen LogP) is 2.88. The highest BCUT2D eigenvalue weighted by Gasteiger charge is 2.47. The Morgan fingerprint density at radius 3 is 2.10 bits per heavy atom. The van der Waals surface area contributed by atoms with Crippen LogP contribution in [0, 0.1) is 6.92 Å². The Kier molecular flexibility index (Phi) is 5.03. The first-order chi connectivity index (χ1) is 14.5. The fourth-order valence-electron chi connectivity index (χ4n) is 4.05. The highest BCUT2D eigenvalue weighted by molar-refractivity contribution is 6.21. The van der Waals surface area contributed by atoms with E-state index in [0.29, 0.717) is 24.3 Å². The number of nitrogens with zero attached hydrogens (tertiary/aromatic N) is 4. The Labute approximate surface area is 174 Å². The summed E-state index contributed by atoms with van der Waals surface area (Å²) >= 11 is 0. The Balaban J connectivity index is 1.78. The first-order valence-electron chi connectivity index (χ1n) is 9.98. The number of likely N-dealkylation sites (N-methyl/N-ethyl adjacent to an activating group) is 1. The molecule has 1 aromatic heterocycles. The smallest absolute Gasteiger partial charge is 0.312 e. The summed E-state index contributed by atoms with van der Waals surface area (Å²) in [5.41, 5.74) is 1.92. The summed E-state index contributed by atoms with van der Waals surface area (Å²) in [7, 11) is 1.75. The van der Waals surface area contributed by atoms with Crippen molar-refractivity contribution in [2.75, 3.05) is 11.4 Å². The highest BCUT2D eigenvalue weighted by Crippen LogP contribution is 2.28. The van der Waals surface area contributed by atoms with Crippen molar-refractivity contribution in [3.05, 3.63) is 82.3 Å². The number of para-hydroxylation sites is 1. The summed E-state index contributed by atoms with van der Waals surface area (Å²) in [5.74, 6) is -0.364. The molecule has 0 radical (unpaired) electrons. The molecule has 1 aliphatic heterocycles. The quantitative estimate of drug-likeness (QED) is 0.614. The number of carbonyl (C=O) groups excluding carboxylic acids is 2. The van der Waals surface area contributed by atoms with Gasteiger partial charge < -0.3 is 4.90 Å². The standard InChI is InChI=1S/C23H24N4O3/c1-4-25-19(15-17-11-7-5-8-12-17)21(28)26(23(25)30)20-16(2)24(3)27(22(20)29)18-13-9-6-10-14-18/h5-14,19H,4,15H2,1-3H3/t19-/m1/s1. The van der Waals surface area contributed by atoms with E-state index in [-0.39, 0.29) is 17.2 Å². The van der Waals surface area contributed by atoms with Gasteiger partial charge in [0.05, 0.1) is 11.4 Å². The molecule has 3 aromatic rings. The number of urea groups is 1. The van der Waals surface area contributed by atoms with Crippen molar-refractivity contribution in [2.45, 2.75) is 26.3 Å². The second-order valence-electron chi connectivity index (χ2n) is 7.36. The molecule has 0 bridgehead atoms. The lowest BCUT2D eigenvalue weighted by atomic mass is 10.1. The lowest BCUT2D eigenvalue weighted by Gasteiger charge is -2.19. The number of hydrogen-bond acceptors (Lipinski definition) is 3. The van der Waals surface area contributed by atoms with Crippen molar-refractivity contribution < 1.29 is 9.59 Å². The number of hydrogen-bond donors (Lipinski definition) is 0. The highest BCUT2D eigenvalue weighted by atomic mass is 16.2. The molecule has 1 aliphatic rings. The zero-order valence-corrected chi connectivity index (χ0v) is 17.3. The number of imide groups is 1. The molecule has 2 heterocycles. The zero-order valence-electron chi connectivity index (χ0n) is 17.3. The molecule has 0 N–H and O–H groups in total. The summed E-state index contributed by atoms with van der Waals surface area (Å²) < 4.78 is 3.15. The van der Waals surface area contributed by atoms with Gasteiger partial charge in [0.2, 0.25) is 0 Å². The molecule has 1 saturated heterocycles. The molecular formula is C23H24N4O3. The van der Waals surface area contributed by atoms with Gasteiger partial charge in [0.15, 0.2) is 0 Å². The van der Waals surface area contributed by atoms with Crippen LogP contribution in [0.3, 0.4) is 0 Å². The Morgan fingerprint density at radius 2 is 1.50 bits per heavy atom. The van der Waals surface area contributed by atoms with Gasteiger partial charge in [-0.3, -0.25) is 14.3 Å². The van der Waals surface area contributed by atoms with E-state index in [1.54, 1.807) is 18.7 Å². The average Bonchev–Trinajstić information content (AvgIpc) is 3.12. The van der Waals surface area contributed by atoms with Crippen molar-refractivity contribution >= 4 is 17.6 Å². The summed E-state index contributed by atoms with van der Waals surface area (Å²) in [6, 6.07) is 17.7. The van der Waals surface area contributed by atoms with Crippen molar-refractivity contribution in [2.24, 2.45) is 7.05 Å². The van der Waals surface area contributed by atoms with Gasteiger partial charge in [-0.2, -0.15) is 0 Å². The minimum Gasteiger partial charge on any atom is -0.312 e. The van der Waals surface area contributed by atoms with Crippen LogP contribution in [0.15, 0.2) is 65.5 Å². The fourth-order valence-corrected chi connectivity index (χ4v) is 4.05. The third-order valence-corrected chi connectivity index (χ3v) is 5.68. The van der Waals surface area contributed by atoms with E-state index < -0.39 is 12.1 Å². The van der Waals surface area contributed by atoms with Crippen LogP contribution < -0.4 is 10.5 Å². The largest absolute Gasteiger partial charge is 0.332 e. The fraction of sp³-hybridized carbons (Fsp3) is 0.261. The summed E-state index contributed by atoms with van der Waals surface area (Å²) in [5, 5.41) is 0. The monoisotopic (exact) mass is 404 g/mol. The number of rotatable bonds is 5. The SMILES string of the molecule is CCN1C(=O)N(c2c(C)n(C)n(-c3ccccc3)c2=O)C(=O)[C@H]1Cc1ccccc1. The van der Waals surface area contributed by atoms with Crippen LogP contribution in [0.2, 0.25) is 0 Å². The molecule has 4 rings (SSSR count). The maximum atomic E-state index is 13.4.